The van der Waals surface area contributed by atoms with Crippen LogP contribution in [0.4, 0.5) is 24.5 Å². The average Bonchev–Trinajstić information content (AvgIpc) is 2.81. The van der Waals surface area contributed by atoms with Crippen molar-refractivity contribution in [2.75, 3.05) is 11.1 Å². The van der Waals surface area contributed by atoms with Crippen LogP contribution in [0.25, 0.3) is 11.4 Å². The molecule has 0 aliphatic carbocycles. The number of nitrogens with one attached hydrogen (secondary N) is 2. The molecule has 0 aliphatic heterocycles. The molecule has 3 aromatic rings. The average molecular weight is 501 g/mol. The van der Waals surface area contributed by atoms with Crippen molar-refractivity contribution >= 4 is 29.0 Å². The highest BCUT2D eigenvalue weighted by Gasteiger charge is 2.43. The van der Waals surface area contributed by atoms with E-state index in [1.807, 2.05) is 0 Å². The Hall–Kier alpha value is -4.48. The zero-order chi connectivity index (χ0) is 26.5. The molecule has 1 heterocycles. The van der Waals surface area contributed by atoms with Gasteiger partial charge in [0.15, 0.2) is 0 Å². The molecule has 0 radical (unpaired) electrons. The van der Waals surface area contributed by atoms with Crippen LogP contribution in [0.2, 0.25) is 0 Å². The molecule has 2 amide bonds. The number of rotatable bonds is 8. The number of aromatic nitrogens is 2. The number of hydrogen-bond acceptors (Lipinski definition) is 6. The zero-order valence-electron chi connectivity index (χ0n) is 19.0. The molecule has 12 heteroatoms. The van der Waals surface area contributed by atoms with E-state index in [-0.39, 0.29) is 17.4 Å². The summed E-state index contributed by atoms with van der Waals surface area (Å²) in [5, 5.41) is 4.67. The smallest absolute Gasteiger partial charge is 0.393 e. The second-order valence-electron chi connectivity index (χ2n) is 7.86. The fourth-order valence-electron chi connectivity index (χ4n) is 3.43. The number of amides is 2. The molecule has 1 aromatic heterocycles. The molecular formula is C24H22F3N5O4. The summed E-state index contributed by atoms with van der Waals surface area (Å²) in [6.07, 6.45) is -4.48. The molecule has 1 atom stereocenters. The van der Waals surface area contributed by atoms with Gasteiger partial charge in [0, 0.05) is 24.6 Å². The largest absolute Gasteiger partial charge is 0.452 e. The van der Waals surface area contributed by atoms with E-state index < -0.39 is 42.4 Å². The SMILES string of the molecule is CC(=O)Nc1ccc(-c2ncc(N)c(=O)n2CC(=O)NC(Cc2ccccc2)C(=O)C(F)(F)F)cc1. The van der Waals surface area contributed by atoms with E-state index in [1.165, 1.54) is 31.2 Å². The molecule has 2 aromatic carbocycles. The standard InChI is InChI=1S/C24H22F3N5O4/c1-14(33)30-17-9-7-16(8-10-17)22-29-12-18(28)23(36)32(22)13-20(34)31-19(21(35)24(25,26)27)11-15-5-3-2-4-6-15/h2-10,12,19H,11,13,28H2,1H3,(H,30,33)(H,31,34). The molecule has 4 N–H and O–H groups in total. The normalized spacial score (nSPS) is 12.0. The van der Waals surface area contributed by atoms with Gasteiger partial charge in [-0.3, -0.25) is 23.7 Å². The number of nitrogens with zero attached hydrogens (tertiary/aromatic N) is 2. The number of carbonyl (C=O) groups is 3. The van der Waals surface area contributed by atoms with E-state index in [1.54, 1.807) is 30.3 Å². The van der Waals surface area contributed by atoms with Crippen LogP contribution in [-0.2, 0) is 27.3 Å². The van der Waals surface area contributed by atoms with Gasteiger partial charge < -0.3 is 16.4 Å². The van der Waals surface area contributed by atoms with Crippen LogP contribution in [0, 0.1) is 0 Å². The van der Waals surface area contributed by atoms with E-state index in [4.69, 9.17) is 5.73 Å². The first-order valence-electron chi connectivity index (χ1n) is 10.6. The van der Waals surface area contributed by atoms with Crippen LogP contribution >= 0.6 is 0 Å². The van der Waals surface area contributed by atoms with Crippen LogP contribution < -0.4 is 21.9 Å². The van der Waals surface area contributed by atoms with E-state index in [2.05, 4.69) is 15.6 Å². The van der Waals surface area contributed by atoms with Crippen molar-refractivity contribution in [1.29, 1.82) is 0 Å². The molecule has 1 unspecified atom stereocenters. The topological polar surface area (TPSA) is 136 Å². The van der Waals surface area contributed by atoms with Crippen LogP contribution in [-0.4, -0.2) is 39.4 Å². The van der Waals surface area contributed by atoms with Crippen molar-refractivity contribution in [3.63, 3.8) is 0 Å². The number of Topliss-reactive ketones (excluding diaryl/α,β-unsaturated/α-hetero) is 1. The highest BCUT2D eigenvalue weighted by molar-refractivity contribution is 5.93. The number of hydrogen-bond donors (Lipinski definition) is 3. The van der Waals surface area contributed by atoms with Crippen LogP contribution in [0.1, 0.15) is 12.5 Å². The highest BCUT2D eigenvalue weighted by atomic mass is 19.4. The number of benzene rings is 2. The van der Waals surface area contributed by atoms with Gasteiger partial charge in [-0.25, -0.2) is 4.98 Å². The fraction of sp³-hybridized carbons (Fsp3) is 0.208. The summed E-state index contributed by atoms with van der Waals surface area (Å²) >= 11 is 0. The van der Waals surface area contributed by atoms with E-state index in [0.717, 1.165) is 10.8 Å². The van der Waals surface area contributed by atoms with Crippen molar-refractivity contribution < 1.29 is 27.6 Å². The van der Waals surface area contributed by atoms with Gasteiger partial charge in [0.05, 0.1) is 6.20 Å². The van der Waals surface area contributed by atoms with Crippen LogP contribution in [0.3, 0.4) is 0 Å². The van der Waals surface area contributed by atoms with Crippen molar-refractivity contribution in [3.8, 4) is 11.4 Å². The quantitative estimate of drug-likeness (QED) is 0.433. The first-order valence-corrected chi connectivity index (χ1v) is 10.6. The third-order valence-corrected chi connectivity index (χ3v) is 5.05. The van der Waals surface area contributed by atoms with Crippen molar-refractivity contribution in [3.05, 3.63) is 76.7 Å². The minimum absolute atomic E-state index is 0.0143. The molecule has 3 rings (SSSR count). The minimum atomic E-state index is -5.18. The van der Waals surface area contributed by atoms with E-state index in [9.17, 15) is 32.3 Å². The van der Waals surface area contributed by atoms with Crippen LogP contribution in [0.5, 0.6) is 0 Å². The zero-order valence-corrected chi connectivity index (χ0v) is 19.0. The molecule has 0 aliphatic rings. The number of carbonyl (C=O) groups excluding carboxylic acids is 3. The second-order valence-corrected chi connectivity index (χ2v) is 7.86. The minimum Gasteiger partial charge on any atom is -0.393 e. The van der Waals surface area contributed by atoms with Gasteiger partial charge in [-0.1, -0.05) is 30.3 Å². The lowest BCUT2D eigenvalue weighted by atomic mass is 10.0. The molecule has 0 fully saturated rings. The number of nitrogen functional groups attached to an aromatic ring is 1. The molecule has 0 bridgehead atoms. The monoisotopic (exact) mass is 501 g/mol. The van der Waals surface area contributed by atoms with Gasteiger partial charge in [-0.2, -0.15) is 13.2 Å². The predicted molar refractivity (Wildman–Crippen MR) is 126 cm³/mol. The molecular weight excluding hydrogens is 479 g/mol. The first-order chi connectivity index (χ1) is 17.0. The summed E-state index contributed by atoms with van der Waals surface area (Å²) in [5.74, 6) is -3.41. The summed E-state index contributed by atoms with van der Waals surface area (Å²) in [6.45, 7) is 0.594. The number of nitrogens with two attached hydrogens (primary N) is 1. The lowest BCUT2D eigenvalue weighted by Gasteiger charge is -2.20. The molecule has 0 saturated heterocycles. The third-order valence-electron chi connectivity index (χ3n) is 5.05. The van der Waals surface area contributed by atoms with Gasteiger partial charge in [-0.15, -0.1) is 0 Å². The second kappa shape index (κ2) is 10.8. The maximum absolute atomic E-state index is 13.2. The maximum atomic E-state index is 13.2. The lowest BCUT2D eigenvalue weighted by molar-refractivity contribution is -0.173. The molecule has 0 spiro atoms. The van der Waals surface area contributed by atoms with Gasteiger partial charge in [-0.05, 0) is 29.8 Å². The predicted octanol–water partition coefficient (Wildman–Crippen LogP) is 2.31. The van der Waals surface area contributed by atoms with E-state index in [0.29, 0.717) is 16.8 Å². The third kappa shape index (κ3) is 6.56. The van der Waals surface area contributed by atoms with Gasteiger partial charge >= 0.3 is 6.18 Å². The van der Waals surface area contributed by atoms with Crippen molar-refractivity contribution in [1.82, 2.24) is 14.9 Å². The lowest BCUT2D eigenvalue weighted by Crippen LogP contribution is -2.49. The van der Waals surface area contributed by atoms with Crippen molar-refractivity contribution in [2.45, 2.75) is 32.1 Å². The summed E-state index contributed by atoms with van der Waals surface area (Å²) in [6, 6.07) is 12.1. The highest BCUT2D eigenvalue weighted by Crippen LogP contribution is 2.21. The summed E-state index contributed by atoms with van der Waals surface area (Å²) in [4.78, 5) is 52.8. The Kier molecular flexibility index (Phi) is 7.87. The number of alkyl halides is 3. The summed E-state index contributed by atoms with van der Waals surface area (Å²) in [5.41, 5.74) is 5.84. The Morgan fingerprint density at radius 3 is 2.28 bits per heavy atom. The Balaban J connectivity index is 1.89. The molecule has 188 valence electrons. The Morgan fingerprint density at radius 1 is 1.06 bits per heavy atom. The molecule has 9 nitrogen and oxygen atoms in total. The van der Waals surface area contributed by atoms with Crippen molar-refractivity contribution in [2.24, 2.45) is 0 Å². The molecule has 36 heavy (non-hydrogen) atoms. The van der Waals surface area contributed by atoms with E-state index >= 15 is 0 Å². The number of anilines is 2. The summed E-state index contributed by atoms with van der Waals surface area (Å²) in [7, 11) is 0. The van der Waals surface area contributed by atoms with Gasteiger partial charge in [0.1, 0.15) is 24.1 Å². The van der Waals surface area contributed by atoms with Crippen LogP contribution in [0.15, 0.2) is 65.6 Å². The number of ketones is 1. The van der Waals surface area contributed by atoms with Gasteiger partial charge in [0.2, 0.25) is 11.8 Å². The Bertz CT molecular complexity index is 1320. The number of halogens is 3. The van der Waals surface area contributed by atoms with Gasteiger partial charge in [0.25, 0.3) is 11.3 Å². The first kappa shape index (κ1) is 26.1. The summed E-state index contributed by atoms with van der Waals surface area (Å²) < 4.78 is 40.5. The molecule has 0 saturated carbocycles. The Labute approximate surface area is 203 Å². The maximum Gasteiger partial charge on any atom is 0.452 e. The Morgan fingerprint density at radius 2 is 1.69 bits per heavy atom. The fourth-order valence-corrected chi connectivity index (χ4v) is 3.43.